The molecule has 1 N–H and O–H groups in total. The van der Waals surface area contributed by atoms with Crippen LogP contribution in [0.1, 0.15) is 57.6 Å². The highest BCUT2D eigenvalue weighted by atomic mass is 16.4. The van der Waals surface area contributed by atoms with E-state index < -0.39 is 5.97 Å². The van der Waals surface area contributed by atoms with E-state index in [1.54, 1.807) is 0 Å². The molecular formula is C15H24N3O2+. The van der Waals surface area contributed by atoms with Crippen LogP contribution in [0.15, 0.2) is 6.20 Å². The number of imidazole rings is 1. The number of hydrogen-bond acceptors (Lipinski definition) is 2. The first-order valence-electron chi connectivity index (χ1n) is 7.28. The minimum atomic E-state index is -0.840. The van der Waals surface area contributed by atoms with Crippen molar-refractivity contribution in [2.75, 3.05) is 0 Å². The summed E-state index contributed by atoms with van der Waals surface area (Å²) in [6.07, 6.45) is 6.61. The van der Waals surface area contributed by atoms with Crippen molar-refractivity contribution in [3.8, 4) is 6.07 Å². The summed E-state index contributed by atoms with van der Waals surface area (Å²) in [6.45, 7) is 5.99. The summed E-state index contributed by atoms with van der Waals surface area (Å²) in [5.74, 6) is 0.0996. The van der Waals surface area contributed by atoms with Gasteiger partial charge in [0.2, 0.25) is 0 Å². The van der Waals surface area contributed by atoms with Crippen LogP contribution >= 0.6 is 0 Å². The Labute approximate surface area is 120 Å². The molecule has 0 aliphatic heterocycles. The topological polar surface area (TPSA) is 69.9 Å². The Morgan fingerprint density at radius 1 is 1.45 bits per heavy atom. The third-order valence-electron chi connectivity index (χ3n) is 3.40. The Kier molecular flexibility index (Phi) is 6.23. The monoisotopic (exact) mass is 278 g/mol. The number of unbranched alkanes of at least 4 members (excludes halogenated alkanes) is 1. The van der Waals surface area contributed by atoms with Gasteiger partial charge in [0.1, 0.15) is 18.0 Å². The maximum atomic E-state index is 11.1. The number of aliphatic carboxylic acids is 1. The van der Waals surface area contributed by atoms with E-state index in [1.807, 2.05) is 22.3 Å². The van der Waals surface area contributed by atoms with Gasteiger partial charge in [0, 0.05) is 12.8 Å². The number of aromatic nitrogens is 2. The van der Waals surface area contributed by atoms with Gasteiger partial charge in [-0.2, -0.15) is 5.26 Å². The predicted octanol–water partition coefficient (Wildman–Crippen LogP) is 2.24. The maximum Gasteiger partial charge on any atom is 0.346 e. The molecule has 0 bridgehead atoms. The second kappa shape index (κ2) is 7.68. The van der Waals surface area contributed by atoms with Crippen LogP contribution in [-0.4, -0.2) is 15.6 Å². The molecule has 0 spiro atoms. The highest BCUT2D eigenvalue weighted by molar-refractivity contribution is 5.66. The number of aryl methyl sites for hydroxylation is 1. The maximum absolute atomic E-state index is 11.1. The van der Waals surface area contributed by atoms with E-state index in [2.05, 4.69) is 19.9 Å². The highest BCUT2D eigenvalue weighted by Gasteiger charge is 2.26. The molecule has 0 aliphatic rings. The van der Waals surface area contributed by atoms with Crippen LogP contribution in [0.25, 0.3) is 0 Å². The molecule has 110 valence electrons. The fraction of sp³-hybridized carbons (Fsp3) is 0.667. The lowest BCUT2D eigenvalue weighted by molar-refractivity contribution is -0.713. The lowest BCUT2D eigenvalue weighted by atomic mass is 10.2. The lowest BCUT2D eigenvalue weighted by Crippen LogP contribution is -2.40. The zero-order valence-electron chi connectivity index (χ0n) is 12.6. The molecule has 1 atom stereocenters. The molecule has 0 radical (unpaired) electrons. The number of carboxylic acids is 1. The smallest absolute Gasteiger partial charge is 0.346 e. The summed E-state index contributed by atoms with van der Waals surface area (Å²) in [7, 11) is 0. The highest BCUT2D eigenvalue weighted by Crippen LogP contribution is 2.12. The number of rotatable bonds is 8. The minimum absolute atomic E-state index is 0.0282. The molecule has 20 heavy (non-hydrogen) atoms. The molecule has 0 amide bonds. The average Bonchev–Trinajstić information content (AvgIpc) is 2.74. The van der Waals surface area contributed by atoms with Gasteiger partial charge in [0.05, 0.1) is 0 Å². The normalized spacial score (nSPS) is 12.1. The van der Waals surface area contributed by atoms with E-state index in [-0.39, 0.29) is 12.6 Å². The van der Waals surface area contributed by atoms with Crippen LogP contribution in [0.4, 0.5) is 0 Å². The summed E-state index contributed by atoms with van der Waals surface area (Å²) in [5.41, 5.74) is 1.01. The summed E-state index contributed by atoms with van der Waals surface area (Å²) < 4.78 is 3.80. The van der Waals surface area contributed by atoms with Gasteiger partial charge in [-0.3, -0.25) is 0 Å². The summed E-state index contributed by atoms with van der Waals surface area (Å²) in [5, 5.41) is 18.3. The molecule has 0 aliphatic carbocycles. The van der Waals surface area contributed by atoms with Crippen LogP contribution in [0.2, 0.25) is 0 Å². The molecule has 1 rings (SSSR count). The van der Waals surface area contributed by atoms with Crippen LogP contribution in [0.5, 0.6) is 0 Å². The SMILES string of the molecule is CCCCc1c[n+](C(C)C#N)c(CCC)n1CC(=O)O. The Balaban J connectivity index is 3.27. The number of carbonyl (C=O) groups is 1. The molecule has 5 nitrogen and oxygen atoms in total. The van der Waals surface area contributed by atoms with Gasteiger partial charge in [0.25, 0.3) is 5.82 Å². The van der Waals surface area contributed by atoms with E-state index in [0.717, 1.165) is 43.6 Å². The molecule has 0 aromatic carbocycles. The van der Waals surface area contributed by atoms with Crippen molar-refractivity contribution in [1.82, 2.24) is 4.57 Å². The van der Waals surface area contributed by atoms with Crippen LogP contribution in [-0.2, 0) is 24.2 Å². The molecule has 0 fully saturated rings. The fourth-order valence-corrected chi connectivity index (χ4v) is 2.38. The Hall–Kier alpha value is -1.83. The van der Waals surface area contributed by atoms with Gasteiger partial charge < -0.3 is 5.11 Å². The molecule has 1 unspecified atom stereocenters. The van der Waals surface area contributed by atoms with Gasteiger partial charge in [-0.15, -0.1) is 0 Å². The first-order valence-corrected chi connectivity index (χ1v) is 7.28. The van der Waals surface area contributed by atoms with Gasteiger partial charge >= 0.3 is 5.97 Å². The molecule has 1 aromatic heterocycles. The standard InChI is InChI=1S/C15H23N3O2/c1-4-6-8-13-10-17(12(3)9-16)14(7-5-2)18(13)11-15(19)20/h10,12H,4-8,11H2,1-3H3/p+1. The van der Waals surface area contributed by atoms with Crippen molar-refractivity contribution in [3.63, 3.8) is 0 Å². The summed E-state index contributed by atoms with van der Waals surface area (Å²) in [4.78, 5) is 11.1. The van der Waals surface area contributed by atoms with Crippen molar-refractivity contribution < 1.29 is 14.5 Å². The van der Waals surface area contributed by atoms with Crippen LogP contribution in [0.3, 0.4) is 0 Å². The van der Waals surface area contributed by atoms with E-state index in [9.17, 15) is 4.79 Å². The third-order valence-corrected chi connectivity index (χ3v) is 3.40. The minimum Gasteiger partial charge on any atom is -0.478 e. The molecule has 0 saturated carbocycles. The van der Waals surface area contributed by atoms with Gasteiger partial charge in [-0.1, -0.05) is 20.3 Å². The van der Waals surface area contributed by atoms with Crippen molar-refractivity contribution in [1.29, 1.82) is 5.26 Å². The predicted molar refractivity (Wildman–Crippen MR) is 75.2 cm³/mol. The van der Waals surface area contributed by atoms with E-state index in [4.69, 9.17) is 10.4 Å². The van der Waals surface area contributed by atoms with Crippen molar-refractivity contribution in [2.45, 2.75) is 65.5 Å². The second-order valence-corrected chi connectivity index (χ2v) is 5.08. The number of hydrogen-bond donors (Lipinski definition) is 1. The van der Waals surface area contributed by atoms with E-state index >= 15 is 0 Å². The molecule has 5 heteroatoms. The van der Waals surface area contributed by atoms with Crippen LogP contribution in [0, 0.1) is 11.3 Å². The second-order valence-electron chi connectivity index (χ2n) is 5.08. The molecule has 1 heterocycles. The summed E-state index contributed by atoms with van der Waals surface area (Å²) in [6, 6.07) is 1.96. The Morgan fingerprint density at radius 3 is 2.65 bits per heavy atom. The van der Waals surface area contributed by atoms with Crippen molar-refractivity contribution in [3.05, 3.63) is 17.7 Å². The largest absolute Gasteiger partial charge is 0.478 e. The first-order chi connectivity index (χ1) is 9.54. The van der Waals surface area contributed by atoms with Crippen molar-refractivity contribution >= 4 is 5.97 Å². The van der Waals surface area contributed by atoms with Crippen molar-refractivity contribution in [2.24, 2.45) is 0 Å². The average molecular weight is 278 g/mol. The zero-order chi connectivity index (χ0) is 15.1. The molecule has 1 aromatic rings. The zero-order valence-corrected chi connectivity index (χ0v) is 12.6. The number of carboxylic acid groups (broad SMARTS) is 1. The van der Waals surface area contributed by atoms with Gasteiger partial charge in [0.15, 0.2) is 12.6 Å². The Morgan fingerprint density at radius 2 is 2.15 bits per heavy atom. The van der Waals surface area contributed by atoms with E-state index in [1.165, 1.54) is 0 Å². The molecule has 0 saturated heterocycles. The summed E-state index contributed by atoms with van der Waals surface area (Å²) >= 11 is 0. The third kappa shape index (κ3) is 3.83. The number of nitrogens with zero attached hydrogens (tertiary/aromatic N) is 3. The van der Waals surface area contributed by atoms with Crippen LogP contribution < -0.4 is 4.57 Å². The number of nitriles is 1. The van der Waals surface area contributed by atoms with Gasteiger partial charge in [-0.05, 0) is 19.8 Å². The first kappa shape index (κ1) is 16.2. The van der Waals surface area contributed by atoms with E-state index in [0.29, 0.717) is 0 Å². The quantitative estimate of drug-likeness (QED) is 0.741. The van der Waals surface area contributed by atoms with Gasteiger partial charge in [-0.25, -0.2) is 13.9 Å². The Bertz CT molecular complexity index is 500. The molecular weight excluding hydrogens is 254 g/mol. The lowest BCUT2D eigenvalue weighted by Gasteiger charge is -2.05. The fourth-order valence-electron chi connectivity index (χ4n) is 2.38.